The molecule has 2 amide bonds. The summed E-state index contributed by atoms with van der Waals surface area (Å²) in [5.74, 6) is -0.480. The van der Waals surface area contributed by atoms with Gasteiger partial charge in [0.25, 0.3) is 0 Å². The van der Waals surface area contributed by atoms with Crippen molar-refractivity contribution in [2.45, 2.75) is 19.3 Å². The topological polar surface area (TPSA) is 82.0 Å². The van der Waals surface area contributed by atoms with Crippen LogP contribution in [-0.2, 0) is 9.59 Å². The molecule has 2 aromatic rings. The minimum Gasteiger partial charge on any atom is -0.325 e. The second-order valence-corrected chi connectivity index (χ2v) is 8.82. The highest BCUT2D eigenvalue weighted by Gasteiger charge is 2.31. The Kier molecular flexibility index (Phi) is 6.37. The monoisotopic (exact) mass is 461 g/mol. The molecule has 2 N–H and O–H groups in total. The summed E-state index contributed by atoms with van der Waals surface area (Å²) in [5, 5.41) is 17.7. The fourth-order valence-electron chi connectivity index (χ4n) is 2.77. The van der Waals surface area contributed by atoms with Crippen LogP contribution >= 0.6 is 39.0 Å². The first-order valence-electron chi connectivity index (χ1n) is 8.14. The largest absolute Gasteiger partial charge is 0.325 e. The maximum atomic E-state index is 12.2. The number of aryl methyl sites for hydroxylation is 1. The lowest BCUT2D eigenvalue weighted by atomic mass is 9.91. The number of carbonyl (C=O) groups is 2. The molecule has 3 rings (SSSR count). The Morgan fingerprint density at radius 3 is 2.78 bits per heavy atom. The van der Waals surface area contributed by atoms with Gasteiger partial charge in [-0.15, -0.1) is 11.3 Å². The number of benzene rings is 1. The van der Waals surface area contributed by atoms with Crippen LogP contribution in [0.2, 0.25) is 0 Å². The third-order valence-corrected chi connectivity index (χ3v) is 6.73. The first-order valence-corrected chi connectivity index (χ1v) is 10.8. The molecule has 1 aromatic heterocycles. The summed E-state index contributed by atoms with van der Waals surface area (Å²) in [4.78, 5) is 25.4. The molecule has 2 heterocycles. The number of halogens is 1. The van der Waals surface area contributed by atoms with Crippen molar-refractivity contribution in [3.63, 3.8) is 0 Å². The zero-order valence-corrected chi connectivity index (χ0v) is 17.6. The Morgan fingerprint density at radius 1 is 1.41 bits per heavy atom. The normalized spacial score (nSPS) is 16.6. The number of nitrogens with one attached hydrogen (secondary N) is 2. The van der Waals surface area contributed by atoms with Crippen molar-refractivity contribution in [3.05, 3.63) is 61.2 Å². The number of rotatable bonds is 5. The summed E-state index contributed by atoms with van der Waals surface area (Å²) < 4.78 is 0.929. The van der Waals surface area contributed by atoms with Crippen LogP contribution in [0.15, 0.2) is 50.8 Å². The number of amides is 2. The molecule has 27 heavy (non-hydrogen) atoms. The van der Waals surface area contributed by atoms with Crippen molar-refractivity contribution in [1.82, 2.24) is 5.32 Å². The number of carbonyl (C=O) groups excluding carboxylic acids is 2. The molecule has 1 aliphatic rings. The van der Waals surface area contributed by atoms with Gasteiger partial charge in [0, 0.05) is 27.4 Å². The average molecular weight is 462 g/mol. The minimum absolute atomic E-state index is 0.104. The highest BCUT2D eigenvalue weighted by Crippen LogP contribution is 2.39. The molecule has 0 saturated carbocycles. The number of thiophene rings is 1. The SMILES string of the molecule is Cc1ccsc1[C@@H]1CC(=O)NC(SCC(=O)Nc2ccc(Br)cc2)=C1C#N. The zero-order chi connectivity index (χ0) is 19.4. The molecular weight excluding hydrogens is 446 g/mol. The molecule has 138 valence electrons. The van der Waals surface area contributed by atoms with E-state index in [1.165, 1.54) is 11.8 Å². The average Bonchev–Trinajstić information content (AvgIpc) is 3.07. The van der Waals surface area contributed by atoms with E-state index in [4.69, 9.17) is 0 Å². The van der Waals surface area contributed by atoms with Gasteiger partial charge >= 0.3 is 0 Å². The van der Waals surface area contributed by atoms with Crippen LogP contribution in [0.1, 0.15) is 22.8 Å². The first kappa shape index (κ1) is 19.7. The van der Waals surface area contributed by atoms with E-state index in [1.807, 2.05) is 30.5 Å². The zero-order valence-electron chi connectivity index (χ0n) is 14.4. The van der Waals surface area contributed by atoms with Crippen molar-refractivity contribution >= 4 is 56.5 Å². The van der Waals surface area contributed by atoms with Crippen molar-refractivity contribution < 1.29 is 9.59 Å². The molecule has 0 aliphatic carbocycles. The lowest BCUT2D eigenvalue weighted by molar-refractivity contribution is -0.121. The Labute approximate surface area is 174 Å². The van der Waals surface area contributed by atoms with Crippen LogP contribution in [-0.4, -0.2) is 17.6 Å². The molecule has 0 unspecified atom stereocenters. The van der Waals surface area contributed by atoms with Crippen LogP contribution in [0, 0.1) is 18.3 Å². The molecule has 0 fully saturated rings. The van der Waals surface area contributed by atoms with Crippen molar-refractivity contribution in [3.8, 4) is 6.07 Å². The van der Waals surface area contributed by atoms with Gasteiger partial charge in [-0.25, -0.2) is 0 Å². The smallest absolute Gasteiger partial charge is 0.234 e. The fourth-order valence-corrected chi connectivity index (χ4v) is 4.95. The van der Waals surface area contributed by atoms with E-state index < -0.39 is 0 Å². The Balaban J connectivity index is 1.73. The van der Waals surface area contributed by atoms with Gasteiger partial charge in [0.15, 0.2) is 0 Å². The summed E-state index contributed by atoms with van der Waals surface area (Å²) >= 11 is 6.08. The Bertz CT molecular complexity index is 945. The number of hydrogen-bond acceptors (Lipinski definition) is 5. The Morgan fingerprint density at radius 2 is 2.15 bits per heavy atom. The Hall–Kier alpha value is -2.08. The number of anilines is 1. The number of nitriles is 1. The van der Waals surface area contributed by atoms with E-state index in [0.717, 1.165) is 14.9 Å². The van der Waals surface area contributed by atoms with Gasteiger partial charge in [-0.05, 0) is 48.2 Å². The number of allylic oxidation sites excluding steroid dienone is 1. The standard InChI is InChI=1S/C19H16BrN3O2S2/c1-11-6-7-26-18(11)14-8-16(24)23-19(15(14)9-21)27-10-17(25)22-13-4-2-12(20)3-5-13/h2-7,14H,8,10H2,1H3,(H,22,25)(H,23,24)/t14-/m1/s1. The van der Waals surface area contributed by atoms with E-state index in [0.29, 0.717) is 16.3 Å². The van der Waals surface area contributed by atoms with E-state index >= 15 is 0 Å². The fraction of sp³-hybridized carbons (Fsp3) is 0.211. The number of hydrogen-bond donors (Lipinski definition) is 2. The van der Waals surface area contributed by atoms with Crippen LogP contribution in [0.4, 0.5) is 5.69 Å². The van der Waals surface area contributed by atoms with E-state index in [1.54, 1.807) is 23.5 Å². The molecule has 8 heteroatoms. The van der Waals surface area contributed by atoms with Crippen molar-refractivity contribution in [2.24, 2.45) is 0 Å². The first-order chi connectivity index (χ1) is 13.0. The highest BCUT2D eigenvalue weighted by molar-refractivity contribution is 9.10. The molecule has 1 atom stereocenters. The molecule has 1 aliphatic heterocycles. The van der Waals surface area contributed by atoms with E-state index in [9.17, 15) is 14.9 Å². The maximum Gasteiger partial charge on any atom is 0.234 e. The summed E-state index contributed by atoms with van der Waals surface area (Å²) in [7, 11) is 0. The molecule has 5 nitrogen and oxygen atoms in total. The lowest BCUT2D eigenvalue weighted by Gasteiger charge is -2.24. The van der Waals surface area contributed by atoms with Crippen LogP contribution in [0.25, 0.3) is 0 Å². The molecule has 0 saturated heterocycles. The number of nitrogens with zero attached hydrogens (tertiary/aromatic N) is 1. The molecule has 1 aromatic carbocycles. The number of thioether (sulfide) groups is 1. The highest BCUT2D eigenvalue weighted by atomic mass is 79.9. The summed E-state index contributed by atoms with van der Waals surface area (Å²) in [5.41, 5.74) is 2.28. The minimum atomic E-state index is -0.249. The van der Waals surface area contributed by atoms with Gasteiger partial charge in [0.05, 0.1) is 22.4 Å². The third kappa shape index (κ3) is 4.80. The van der Waals surface area contributed by atoms with Gasteiger partial charge in [-0.3, -0.25) is 9.59 Å². The van der Waals surface area contributed by atoms with Crippen LogP contribution in [0.3, 0.4) is 0 Å². The van der Waals surface area contributed by atoms with Gasteiger partial charge < -0.3 is 10.6 Å². The van der Waals surface area contributed by atoms with Gasteiger partial charge in [-0.1, -0.05) is 27.7 Å². The van der Waals surface area contributed by atoms with E-state index in [2.05, 4.69) is 32.6 Å². The van der Waals surface area contributed by atoms with Crippen LogP contribution in [0.5, 0.6) is 0 Å². The summed E-state index contributed by atoms with van der Waals surface area (Å²) in [6.45, 7) is 1.98. The summed E-state index contributed by atoms with van der Waals surface area (Å²) in [6.07, 6.45) is 0.249. The predicted molar refractivity (Wildman–Crippen MR) is 112 cm³/mol. The summed E-state index contributed by atoms with van der Waals surface area (Å²) in [6, 6.07) is 11.5. The quantitative estimate of drug-likeness (QED) is 0.684. The van der Waals surface area contributed by atoms with E-state index in [-0.39, 0.29) is 29.9 Å². The van der Waals surface area contributed by atoms with Crippen LogP contribution < -0.4 is 10.6 Å². The second kappa shape index (κ2) is 8.74. The molecule has 0 spiro atoms. The lowest BCUT2D eigenvalue weighted by Crippen LogP contribution is -2.31. The van der Waals surface area contributed by atoms with Gasteiger partial charge in [-0.2, -0.15) is 5.26 Å². The maximum absolute atomic E-state index is 12.2. The van der Waals surface area contributed by atoms with Gasteiger partial charge in [0.2, 0.25) is 11.8 Å². The second-order valence-electron chi connectivity index (χ2n) is 5.97. The molecule has 0 bridgehead atoms. The van der Waals surface area contributed by atoms with Crippen molar-refractivity contribution in [2.75, 3.05) is 11.1 Å². The third-order valence-electron chi connectivity index (χ3n) is 4.05. The van der Waals surface area contributed by atoms with Crippen molar-refractivity contribution in [1.29, 1.82) is 5.26 Å². The predicted octanol–water partition coefficient (Wildman–Crippen LogP) is 4.53. The van der Waals surface area contributed by atoms with Gasteiger partial charge in [0.1, 0.15) is 0 Å². The molecular formula is C19H16BrN3O2S2. The molecule has 0 radical (unpaired) electrons.